The lowest BCUT2D eigenvalue weighted by molar-refractivity contribution is -0.143. The van der Waals surface area contributed by atoms with E-state index in [1.165, 1.54) is 12.1 Å². The summed E-state index contributed by atoms with van der Waals surface area (Å²) in [4.78, 5) is 49.7. The second-order valence-electron chi connectivity index (χ2n) is 8.39. The number of halogens is 2. The zero-order valence-corrected chi connectivity index (χ0v) is 22.6. The molecule has 0 aliphatic heterocycles. The topological polar surface area (TPSA) is 126 Å². The molecular formula is C28H28Cl2N4O5. The fourth-order valence-corrected chi connectivity index (χ4v) is 4.16. The van der Waals surface area contributed by atoms with E-state index >= 15 is 0 Å². The highest BCUT2D eigenvalue weighted by Gasteiger charge is 2.21. The van der Waals surface area contributed by atoms with E-state index in [4.69, 9.17) is 27.9 Å². The van der Waals surface area contributed by atoms with E-state index in [2.05, 4.69) is 21.3 Å². The largest absolute Gasteiger partial charge is 0.466 e. The van der Waals surface area contributed by atoms with E-state index in [0.717, 1.165) is 5.56 Å². The van der Waals surface area contributed by atoms with Gasteiger partial charge in [-0.3, -0.25) is 14.4 Å². The molecule has 0 heterocycles. The van der Waals surface area contributed by atoms with Crippen LogP contribution in [-0.2, 0) is 20.9 Å². The Morgan fingerprint density at radius 2 is 1.59 bits per heavy atom. The van der Waals surface area contributed by atoms with Gasteiger partial charge in [0, 0.05) is 27.8 Å². The average Bonchev–Trinajstić information content (AvgIpc) is 2.90. The lowest BCUT2D eigenvalue weighted by atomic mass is 10.0. The zero-order chi connectivity index (χ0) is 28.2. The van der Waals surface area contributed by atoms with E-state index in [1.807, 2.05) is 30.3 Å². The molecule has 0 spiro atoms. The number of hydrogen-bond acceptors (Lipinski definition) is 5. The number of esters is 1. The minimum atomic E-state index is -0.772. The maximum atomic E-state index is 12.7. The molecule has 0 aromatic heterocycles. The molecule has 1 atom stereocenters. The number of nitrogens with one attached hydrogen (secondary N) is 4. The molecule has 3 aromatic rings. The predicted octanol–water partition coefficient (Wildman–Crippen LogP) is 4.86. The van der Waals surface area contributed by atoms with Gasteiger partial charge < -0.3 is 26.0 Å². The minimum absolute atomic E-state index is 0.149. The number of carbonyl (C=O) groups is 4. The Labute approximate surface area is 236 Å². The smallest absolute Gasteiger partial charge is 0.319 e. The van der Waals surface area contributed by atoms with Crippen LogP contribution in [0.3, 0.4) is 0 Å². The van der Waals surface area contributed by atoms with Crippen molar-refractivity contribution in [3.63, 3.8) is 0 Å². The number of hydrogen-bond donors (Lipinski definition) is 4. The highest BCUT2D eigenvalue weighted by molar-refractivity contribution is 6.34. The van der Waals surface area contributed by atoms with Crippen molar-refractivity contribution in [3.05, 3.63) is 99.5 Å². The molecule has 0 fully saturated rings. The third-order valence-electron chi connectivity index (χ3n) is 5.39. The van der Waals surface area contributed by atoms with Gasteiger partial charge in [0.2, 0.25) is 5.91 Å². The molecule has 39 heavy (non-hydrogen) atoms. The van der Waals surface area contributed by atoms with Crippen molar-refractivity contribution in [3.8, 4) is 0 Å². The third kappa shape index (κ3) is 9.96. The number of carbonyl (C=O) groups excluding carboxylic acids is 4. The Morgan fingerprint density at radius 3 is 2.28 bits per heavy atom. The van der Waals surface area contributed by atoms with Gasteiger partial charge in [0.15, 0.2) is 0 Å². The summed E-state index contributed by atoms with van der Waals surface area (Å²) in [6, 6.07) is 19.2. The third-order valence-corrected chi connectivity index (χ3v) is 5.82. The molecule has 9 nitrogen and oxygen atoms in total. The van der Waals surface area contributed by atoms with E-state index in [0.29, 0.717) is 27.8 Å². The number of anilines is 1. The summed E-state index contributed by atoms with van der Waals surface area (Å²) in [6.45, 7) is 1.86. The van der Waals surface area contributed by atoms with Crippen LogP contribution in [-0.4, -0.2) is 37.0 Å². The molecule has 11 heteroatoms. The molecule has 1 unspecified atom stereocenters. The van der Waals surface area contributed by atoms with Crippen LogP contribution in [0.25, 0.3) is 0 Å². The Kier molecular flexibility index (Phi) is 11.1. The standard InChI is InChI=1S/C28H28Cl2N4O5/c1-2-39-26(36)15-24(20-11-21(29)14-22(30)12-20)34-25(35)17-31-27(37)19-9-6-10-23(13-19)33-28(38)32-16-18-7-4-3-5-8-18/h3-14,24H,2,15-17H2,1H3,(H,31,37)(H,34,35)(H2,32,33,38). The zero-order valence-electron chi connectivity index (χ0n) is 21.1. The average molecular weight is 571 g/mol. The first kappa shape index (κ1) is 29.5. The highest BCUT2D eigenvalue weighted by Crippen LogP contribution is 2.25. The van der Waals surface area contributed by atoms with Gasteiger partial charge >= 0.3 is 12.0 Å². The lowest BCUT2D eigenvalue weighted by Crippen LogP contribution is -2.39. The maximum Gasteiger partial charge on any atom is 0.319 e. The van der Waals surface area contributed by atoms with Crippen LogP contribution in [0, 0.1) is 0 Å². The summed E-state index contributed by atoms with van der Waals surface area (Å²) in [6.07, 6.45) is -0.149. The molecule has 4 N–H and O–H groups in total. The molecule has 0 radical (unpaired) electrons. The van der Waals surface area contributed by atoms with Crippen LogP contribution in [0.4, 0.5) is 10.5 Å². The Bertz CT molecular complexity index is 1300. The number of urea groups is 1. The van der Waals surface area contributed by atoms with Crippen molar-refractivity contribution < 1.29 is 23.9 Å². The molecule has 3 aromatic carbocycles. The molecule has 0 aliphatic rings. The SMILES string of the molecule is CCOC(=O)CC(NC(=O)CNC(=O)c1cccc(NC(=O)NCc2ccccc2)c1)c1cc(Cl)cc(Cl)c1. The van der Waals surface area contributed by atoms with Crippen LogP contribution in [0.1, 0.15) is 40.9 Å². The monoisotopic (exact) mass is 570 g/mol. The predicted molar refractivity (Wildman–Crippen MR) is 150 cm³/mol. The quantitative estimate of drug-likeness (QED) is 0.245. The number of benzene rings is 3. The molecule has 0 aliphatic carbocycles. The first-order valence-electron chi connectivity index (χ1n) is 12.1. The fourth-order valence-electron chi connectivity index (χ4n) is 3.61. The Balaban J connectivity index is 1.56. The minimum Gasteiger partial charge on any atom is -0.466 e. The Hall–Kier alpha value is -4.08. The molecule has 0 saturated heterocycles. The number of amides is 4. The Morgan fingerprint density at radius 1 is 0.872 bits per heavy atom. The van der Waals surface area contributed by atoms with Crippen molar-refractivity contribution in [2.24, 2.45) is 0 Å². The van der Waals surface area contributed by atoms with Gasteiger partial charge in [-0.05, 0) is 54.4 Å². The van der Waals surface area contributed by atoms with Gasteiger partial charge in [0.05, 0.1) is 25.6 Å². The van der Waals surface area contributed by atoms with Gasteiger partial charge in [-0.2, -0.15) is 0 Å². The summed E-state index contributed by atoms with van der Waals surface area (Å²) in [5, 5.41) is 11.4. The van der Waals surface area contributed by atoms with Gasteiger partial charge in [-0.15, -0.1) is 0 Å². The fraction of sp³-hybridized carbons (Fsp3) is 0.214. The van der Waals surface area contributed by atoms with Crippen molar-refractivity contribution in [2.45, 2.75) is 25.9 Å². The second-order valence-corrected chi connectivity index (χ2v) is 9.26. The second kappa shape index (κ2) is 14.8. The summed E-state index contributed by atoms with van der Waals surface area (Å²) >= 11 is 12.2. The van der Waals surface area contributed by atoms with Gasteiger partial charge in [0.25, 0.3) is 5.91 Å². The van der Waals surface area contributed by atoms with E-state index in [-0.39, 0.29) is 25.1 Å². The van der Waals surface area contributed by atoms with Crippen molar-refractivity contribution >= 4 is 52.7 Å². The molecule has 0 saturated carbocycles. The molecule has 3 rings (SSSR count). The van der Waals surface area contributed by atoms with Crippen molar-refractivity contribution in [1.29, 1.82) is 0 Å². The summed E-state index contributed by atoms with van der Waals surface area (Å²) < 4.78 is 5.01. The van der Waals surface area contributed by atoms with Gasteiger partial charge in [0.1, 0.15) is 0 Å². The first-order valence-corrected chi connectivity index (χ1v) is 12.9. The number of ether oxygens (including phenoxy) is 1. The summed E-state index contributed by atoms with van der Waals surface area (Å²) in [5.74, 6) is -1.57. The van der Waals surface area contributed by atoms with Crippen LogP contribution < -0.4 is 21.3 Å². The lowest BCUT2D eigenvalue weighted by Gasteiger charge is -2.19. The van der Waals surface area contributed by atoms with Gasteiger partial charge in [-0.25, -0.2) is 4.79 Å². The molecule has 4 amide bonds. The van der Waals surface area contributed by atoms with Gasteiger partial charge in [-0.1, -0.05) is 59.6 Å². The van der Waals surface area contributed by atoms with Crippen LogP contribution in [0.2, 0.25) is 10.0 Å². The maximum absolute atomic E-state index is 12.7. The highest BCUT2D eigenvalue weighted by atomic mass is 35.5. The van der Waals surface area contributed by atoms with Crippen molar-refractivity contribution in [1.82, 2.24) is 16.0 Å². The van der Waals surface area contributed by atoms with Crippen LogP contribution >= 0.6 is 23.2 Å². The van der Waals surface area contributed by atoms with Crippen molar-refractivity contribution in [2.75, 3.05) is 18.5 Å². The summed E-state index contributed by atoms with van der Waals surface area (Å²) in [7, 11) is 0. The van der Waals surface area contributed by atoms with E-state index < -0.39 is 29.9 Å². The molecular weight excluding hydrogens is 543 g/mol. The van der Waals surface area contributed by atoms with Crippen LogP contribution in [0.15, 0.2) is 72.8 Å². The number of rotatable bonds is 11. The van der Waals surface area contributed by atoms with E-state index in [1.54, 1.807) is 37.3 Å². The summed E-state index contributed by atoms with van der Waals surface area (Å²) in [5.41, 5.74) is 2.12. The van der Waals surface area contributed by atoms with E-state index in [9.17, 15) is 19.2 Å². The molecule has 204 valence electrons. The van der Waals surface area contributed by atoms with Crippen LogP contribution in [0.5, 0.6) is 0 Å². The normalized spacial score (nSPS) is 11.2. The molecule has 0 bridgehead atoms. The first-order chi connectivity index (χ1) is 18.7.